The standard InChI is InChI=1S/C4H10NO6S2/c1-3(12(6,7)8)5-4(2)13(9,10)11/h3-4H,1-2H3,(H,6,7,8)(H,9,10,11). The van der Waals surface area contributed by atoms with Crippen LogP contribution in [0.15, 0.2) is 0 Å². The first kappa shape index (κ1) is 12.8. The van der Waals surface area contributed by atoms with E-state index in [0.29, 0.717) is 0 Å². The summed E-state index contributed by atoms with van der Waals surface area (Å²) < 4.78 is 58.3. The van der Waals surface area contributed by atoms with Gasteiger partial charge in [0.1, 0.15) is 10.7 Å². The maximum atomic E-state index is 10.4. The van der Waals surface area contributed by atoms with E-state index in [1.165, 1.54) is 0 Å². The van der Waals surface area contributed by atoms with E-state index in [2.05, 4.69) is 5.32 Å². The molecule has 13 heavy (non-hydrogen) atoms. The van der Waals surface area contributed by atoms with Gasteiger partial charge in [-0.1, -0.05) is 0 Å². The summed E-state index contributed by atoms with van der Waals surface area (Å²) in [5, 5.41) is -0.0150. The summed E-state index contributed by atoms with van der Waals surface area (Å²) in [4.78, 5) is 0. The molecule has 79 valence electrons. The molecule has 0 bridgehead atoms. The second-order valence-corrected chi connectivity index (χ2v) is 5.80. The molecule has 0 aliphatic heterocycles. The molecule has 0 rings (SSSR count). The van der Waals surface area contributed by atoms with Crippen LogP contribution in [0.1, 0.15) is 13.8 Å². The zero-order valence-corrected chi connectivity index (χ0v) is 8.58. The van der Waals surface area contributed by atoms with E-state index in [0.717, 1.165) is 13.8 Å². The average Bonchev–Trinajstić information content (AvgIpc) is 1.82. The molecule has 0 fully saturated rings. The SMILES string of the molecule is CC([N]C(C)S(=O)(=O)O)S(=O)(=O)O. The largest absolute Gasteiger partial charge is 0.284 e. The van der Waals surface area contributed by atoms with Crippen molar-refractivity contribution in [2.45, 2.75) is 24.6 Å². The Labute approximate surface area is 76.6 Å². The molecule has 0 spiro atoms. The third-order valence-corrected chi connectivity index (χ3v) is 3.25. The van der Waals surface area contributed by atoms with Crippen LogP contribution in [-0.4, -0.2) is 36.7 Å². The Bertz CT molecular complexity index is 320. The van der Waals surface area contributed by atoms with Gasteiger partial charge in [0.25, 0.3) is 20.2 Å². The molecular weight excluding hydrogens is 222 g/mol. The van der Waals surface area contributed by atoms with Gasteiger partial charge < -0.3 is 0 Å². The molecule has 7 nitrogen and oxygen atoms in total. The van der Waals surface area contributed by atoms with E-state index in [4.69, 9.17) is 9.11 Å². The minimum absolute atomic E-state index is 0.997. The van der Waals surface area contributed by atoms with Crippen molar-refractivity contribution in [1.82, 2.24) is 5.32 Å². The Hall–Kier alpha value is -0.220. The third-order valence-electron chi connectivity index (χ3n) is 1.28. The fourth-order valence-electron chi connectivity index (χ4n) is 0.449. The molecule has 0 heterocycles. The van der Waals surface area contributed by atoms with Gasteiger partial charge in [0.15, 0.2) is 0 Å². The minimum atomic E-state index is -4.40. The molecule has 0 aromatic heterocycles. The lowest BCUT2D eigenvalue weighted by Crippen LogP contribution is -2.37. The average molecular weight is 232 g/mol. The third kappa shape index (κ3) is 4.52. The monoisotopic (exact) mass is 232 g/mol. The molecule has 2 atom stereocenters. The van der Waals surface area contributed by atoms with Gasteiger partial charge in [-0.2, -0.15) is 22.2 Å². The predicted octanol–water partition coefficient (Wildman–Crippen LogP) is -0.942. The van der Waals surface area contributed by atoms with E-state index >= 15 is 0 Å². The van der Waals surface area contributed by atoms with Gasteiger partial charge in [-0.05, 0) is 13.8 Å². The van der Waals surface area contributed by atoms with Crippen molar-refractivity contribution in [2.75, 3.05) is 0 Å². The van der Waals surface area contributed by atoms with Crippen molar-refractivity contribution in [3.63, 3.8) is 0 Å². The molecule has 0 aliphatic carbocycles. The molecule has 1 radical (unpaired) electrons. The molecule has 0 saturated carbocycles. The summed E-state index contributed by atoms with van der Waals surface area (Å²) in [5.74, 6) is 0. The van der Waals surface area contributed by atoms with Crippen molar-refractivity contribution in [3.05, 3.63) is 0 Å². The molecule has 2 unspecified atom stereocenters. The van der Waals surface area contributed by atoms with Crippen LogP contribution in [0.4, 0.5) is 0 Å². The van der Waals surface area contributed by atoms with Crippen molar-refractivity contribution >= 4 is 20.2 Å². The smallest absolute Gasteiger partial charge is 0.282 e. The van der Waals surface area contributed by atoms with Gasteiger partial charge in [0.2, 0.25) is 0 Å². The highest BCUT2D eigenvalue weighted by molar-refractivity contribution is 7.87. The molecule has 0 amide bonds. The first-order valence-corrected chi connectivity index (χ1v) is 6.18. The zero-order chi connectivity index (χ0) is 10.9. The van der Waals surface area contributed by atoms with E-state index in [9.17, 15) is 16.8 Å². The molecule has 0 saturated heterocycles. The topological polar surface area (TPSA) is 123 Å². The van der Waals surface area contributed by atoms with E-state index in [1.54, 1.807) is 0 Å². The number of hydrogen-bond acceptors (Lipinski definition) is 4. The van der Waals surface area contributed by atoms with Gasteiger partial charge in [-0.15, -0.1) is 0 Å². The van der Waals surface area contributed by atoms with Crippen molar-refractivity contribution in [1.29, 1.82) is 0 Å². The lowest BCUT2D eigenvalue weighted by molar-refractivity contribution is 0.431. The summed E-state index contributed by atoms with van der Waals surface area (Å²) in [7, 11) is -8.80. The van der Waals surface area contributed by atoms with Gasteiger partial charge in [0, 0.05) is 0 Å². The quantitative estimate of drug-likeness (QED) is 0.603. The normalized spacial score (nSPS) is 18.2. The van der Waals surface area contributed by atoms with Crippen LogP contribution in [0.3, 0.4) is 0 Å². The fraction of sp³-hybridized carbons (Fsp3) is 1.00. The van der Waals surface area contributed by atoms with Gasteiger partial charge in [-0.3, -0.25) is 9.11 Å². The Morgan fingerprint density at radius 2 is 1.15 bits per heavy atom. The molecular formula is C4H10NO6S2. The summed E-state index contributed by atoms with van der Waals surface area (Å²) in [6, 6.07) is 0. The second kappa shape index (κ2) is 3.88. The summed E-state index contributed by atoms with van der Waals surface area (Å²) >= 11 is 0. The maximum absolute atomic E-state index is 10.4. The van der Waals surface area contributed by atoms with Gasteiger partial charge in [0.05, 0.1) is 0 Å². The maximum Gasteiger partial charge on any atom is 0.282 e. The van der Waals surface area contributed by atoms with Crippen LogP contribution in [-0.2, 0) is 20.2 Å². The van der Waals surface area contributed by atoms with Gasteiger partial charge >= 0.3 is 0 Å². The molecule has 0 aliphatic rings. The highest BCUT2D eigenvalue weighted by Crippen LogP contribution is 2.01. The second-order valence-electron chi connectivity index (χ2n) is 2.38. The van der Waals surface area contributed by atoms with Gasteiger partial charge in [-0.25, -0.2) is 0 Å². The molecule has 0 aromatic carbocycles. The predicted molar refractivity (Wildman–Crippen MR) is 44.2 cm³/mol. The first-order chi connectivity index (χ1) is 5.55. The lowest BCUT2D eigenvalue weighted by Gasteiger charge is -2.12. The zero-order valence-electron chi connectivity index (χ0n) is 6.95. The number of nitrogens with zero attached hydrogens (tertiary/aromatic N) is 1. The van der Waals surface area contributed by atoms with Crippen LogP contribution in [0.25, 0.3) is 0 Å². The molecule has 9 heteroatoms. The first-order valence-electron chi connectivity index (χ1n) is 3.17. The van der Waals surface area contributed by atoms with Crippen molar-refractivity contribution < 1.29 is 25.9 Å². The highest BCUT2D eigenvalue weighted by atomic mass is 32.2. The Morgan fingerprint density at radius 1 is 0.923 bits per heavy atom. The summed E-state index contributed by atoms with van der Waals surface area (Å²) in [5.41, 5.74) is 0. The van der Waals surface area contributed by atoms with Crippen LogP contribution >= 0.6 is 0 Å². The Kier molecular flexibility index (Phi) is 3.82. The van der Waals surface area contributed by atoms with E-state index in [-0.39, 0.29) is 0 Å². The van der Waals surface area contributed by atoms with E-state index in [1.807, 2.05) is 0 Å². The number of hydrogen-bond donors (Lipinski definition) is 2. The van der Waals surface area contributed by atoms with Crippen LogP contribution in [0.5, 0.6) is 0 Å². The van der Waals surface area contributed by atoms with Crippen LogP contribution in [0.2, 0.25) is 0 Å². The highest BCUT2D eigenvalue weighted by Gasteiger charge is 2.26. The Morgan fingerprint density at radius 3 is 1.31 bits per heavy atom. The minimum Gasteiger partial charge on any atom is -0.284 e. The summed E-state index contributed by atoms with van der Waals surface area (Å²) in [6.45, 7) is 1.99. The van der Waals surface area contributed by atoms with Crippen molar-refractivity contribution in [2.24, 2.45) is 0 Å². The van der Waals surface area contributed by atoms with Crippen LogP contribution < -0.4 is 5.32 Å². The molecule has 2 N–H and O–H groups in total. The lowest BCUT2D eigenvalue weighted by atomic mass is 10.6. The van der Waals surface area contributed by atoms with E-state index < -0.39 is 31.0 Å². The number of rotatable bonds is 4. The molecule has 0 aromatic rings. The van der Waals surface area contributed by atoms with Crippen molar-refractivity contribution in [3.8, 4) is 0 Å². The summed E-state index contributed by atoms with van der Waals surface area (Å²) in [6.07, 6.45) is 0. The Balaban J connectivity index is 4.50. The fourth-order valence-corrected chi connectivity index (χ4v) is 1.20. The van der Waals surface area contributed by atoms with Crippen LogP contribution in [0, 0.1) is 0 Å².